The van der Waals surface area contributed by atoms with Gasteiger partial charge in [-0.1, -0.05) is 44.2 Å². The Balaban J connectivity index is 0.00000312. The molecule has 0 saturated carbocycles. The second-order valence-electron chi connectivity index (χ2n) is 7.07. The van der Waals surface area contributed by atoms with Crippen LogP contribution in [0, 0.1) is 11.8 Å². The van der Waals surface area contributed by atoms with Crippen molar-refractivity contribution in [2.24, 2.45) is 16.8 Å². The van der Waals surface area contributed by atoms with Crippen molar-refractivity contribution in [1.29, 1.82) is 0 Å². The normalized spacial score (nSPS) is 18.8. The average molecular weight is 459 g/mol. The number of nitrogens with one attached hydrogen (secondary N) is 1. The van der Waals surface area contributed by atoms with Gasteiger partial charge in [0.05, 0.1) is 6.61 Å². The molecule has 2 atom stereocenters. The highest BCUT2D eigenvalue weighted by atomic mass is 127. The molecule has 0 radical (unpaired) electrons. The predicted octanol–water partition coefficient (Wildman–Crippen LogP) is 3.98. The maximum Gasteiger partial charge on any atom is 0.193 e. The second-order valence-corrected chi connectivity index (χ2v) is 7.07. The van der Waals surface area contributed by atoms with Gasteiger partial charge in [0.15, 0.2) is 5.96 Å². The zero-order valence-corrected chi connectivity index (χ0v) is 18.4. The molecule has 1 aromatic carbocycles. The largest absolute Gasteiger partial charge is 0.381 e. The molecule has 1 heterocycles. The lowest BCUT2D eigenvalue weighted by Gasteiger charge is -2.26. The van der Waals surface area contributed by atoms with E-state index in [-0.39, 0.29) is 24.0 Å². The smallest absolute Gasteiger partial charge is 0.193 e. The summed E-state index contributed by atoms with van der Waals surface area (Å²) in [5.74, 6) is 2.63. The Morgan fingerprint density at radius 3 is 2.60 bits per heavy atom. The van der Waals surface area contributed by atoms with E-state index in [9.17, 15) is 0 Å². The van der Waals surface area contributed by atoms with Gasteiger partial charge in [-0.25, -0.2) is 0 Å². The van der Waals surface area contributed by atoms with Crippen LogP contribution in [0.4, 0.5) is 0 Å². The van der Waals surface area contributed by atoms with E-state index in [2.05, 4.69) is 68.4 Å². The fourth-order valence-corrected chi connectivity index (χ4v) is 3.26. The lowest BCUT2D eigenvalue weighted by Crippen LogP contribution is -2.41. The van der Waals surface area contributed by atoms with Gasteiger partial charge in [0.1, 0.15) is 0 Å². The van der Waals surface area contributed by atoms with Crippen LogP contribution in [0.5, 0.6) is 0 Å². The first kappa shape index (κ1) is 22.2. The molecule has 2 unspecified atom stereocenters. The van der Waals surface area contributed by atoms with Crippen LogP contribution in [0.15, 0.2) is 35.3 Å². The van der Waals surface area contributed by atoms with Crippen molar-refractivity contribution in [3.63, 3.8) is 0 Å². The monoisotopic (exact) mass is 459 g/mol. The maximum atomic E-state index is 5.50. The van der Waals surface area contributed by atoms with E-state index < -0.39 is 0 Å². The summed E-state index contributed by atoms with van der Waals surface area (Å²) in [6, 6.07) is 10.7. The number of hydrogen-bond acceptors (Lipinski definition) is 2. The van der Waals surface area contributed by atoms with Crippen molar-refractivity contribution in [3.05, 3.63) is 35.9 Å². The molecule has 1 N–H and O–H groups in total. The van der Waals surface area contributed by atoms with Gasteiger partial charge < -0.3 is 15.0 Å². The number of aliphatic imine (C=N–C) groups is 1. The van der Waals surface area contributed by atoms with Crippen molar-refractivity contribution in [1.82, 2.24) is 10.2 Å². The van der Waals surface area contributed by atoms with Crippen LogP contribution in [0.25, 0.3) is 0 Å². The molecule has 2 rings (SSSR count). The molecule has 0 spiro atoms. The van der Waals surface area contributed by atoms with Crippen LogP contribution >= 0.6 is 24.0 Å². The minimum atomic E-state index is 0. The summed E-state index contributed by atoms with van der Waals surface area (Å²) in [5, 5.41) is 3.44. The van der Waals surface area contributed by atoms with E-state index in [0.29, 0.717) is 17.8 Å². The highest BCUT2D eigenvalue weighted by Gasteiger charge is 2.20. The van der Waals surface area contributed by atoms with Crippen molar-refractivity contribution in [2.45, 2.75) is 33.1 Å². The van der Waals surface area contributed by atoms with Gasteiger partial charge >= 0.3 is 0 Å². The minimum absolute atomic E-state index is 0. The quantitative estimate of drug-likeness (QED) is 0.381. The lowest BCUT2D eigenvalue weighted by atomic mass is 9.88. The first-order chi connectivity index (χ1) is 11.6. The summed E-state index contributed by atoms with van der Waals surface area (Å²) in [6.45, 7) is 11.2. The number of hydrogen-bond donors (Lipinski definition) is 1. The Kier molecular flexibility index (Phi) is 10.4. The fourth-order valence-electron chi connectivity index (χ4n) is 3.26. The first-order valence-corrected chi connectivity index (χ1v) is 9.24. The van der Waals surface area contributed by atoms with Gasteiger partial charge in [-0.15, -0.1) is 24.0 Å². The fraction of sp³-hybridized carbons (Fsp3) is 0.650. The highest BCUT2D eigenvalue weighted by molar-refractivity contribution is 14.0. The summed E-state index contributed by atoms with van der Waals surface area (Å²) >= 11 is 0. The van der Waals surface area contributed by atoms with Gasteiger partial charge in [0.2, 0.25) is 0 Å². The zero-order valence-electron chi connectivity index (χ0n) is 16.1. The molecule has 4 nitrogen and oxygen atoms in total. The molecule has 142 valence electrons. The topological polar surface area (TPSA) is 36.9 Å². The molecule has 0 aromatic heterocycles. The summed E-state index contributed by atoms with van der Waals surface area (Å²) in [6.07, 6.45) is 1.16. The highest BCUT2D eigenvalue weighted by Crippen LogP contribution is 2.24. The van der Waals surface area contributed by atoms with Crippen LogP contribution in [0.3, 0.4) is 0 Å². The molecule has 1 aliphatic heterocycles. The third-order valence-electron chi connectivity index (χ3n) is 4.72. The third-order valence-corrected chi connectivity index (χ3v) is 4.72. The summed E-state index contributed by atoms with van der Waals surface area (Å²) in [5.41, 5.74) is 1.37. The number of rotatable bonds is 7. The minimum Gasteiger partial charge on any atom is -0.381 e. The van der Waals surface area contributed by atoms with Crippen molar-refractivity contribution >= 4 is 29.9 Å². The van der Waals surface area contributed by atoms with E-state index in [4.69, 9.17) is 9.73 Å². The van der Waals surface area contributed by atoms with Crippen LogP contribution in [0.1, 0.15) is 38.7 Å². The third kappa shape index (κ3) is 7.13. The molecule has 25 heavy (non-hydrogen) atoms. The molecular weight excluding hydrogens is 425 g/mol. The SMILES string of the molecule is CCNC(=NCC(c1ccccc1)C(C)C)N(C)CC1CCOC1.I. The molecule has 0 amide bonds. The Morgan fingerprint density at radius 1 is 1.32 bits per heavy atom. The Morgan fingerprint density at radius 2 is 2.04 bits per heavy atom. The molecule has 0 aliphatic carbocycles. The van der Waals surface area contributed by atoms with Gasteiger partial charge in [0, 0.05) is 45.1 Å². The second kappa shape index (κ2) is 11.7. The first-order valence-electron chi connectivity index (χ1n) is 9.24. The summed E-state index contributed by atoms with van der Waals surface area (Å²) < 4.78 is 5.50. The van der Waals surface area contributed by atoms with Crippen LogP contribution in [0.2, 0.25) is 0 Å². The molecule has 1 aromatic rings. The zero-order chi connectivity index (χ0) is 17.4. The molecule has 5 heteroatoms. The van der Waals surface area contributed by atoms with E-state index in [1.54, 1.807) is 0 Å². The average Bonchev–Trinajstić information content (AvgIpc) is 3.07. The van der Waals surface area contributed by atoms with Crippen molar-refractivity contribution in [3.8, 4) is 0 Å². The van der Waals surface area contributed by atoms with E-state index in [1.165, 1.54) is 5.56 Å². The van der Waals surface area contributed by atoms with Crippen molar-refractivity contribution < 1.29 is 4.74 Å². The number of guanidine groups is 1. The van der Waals surface area contributed by atoms with E-state index in [1.807, 2.05) is 0 Å². The number of ether oxygens (including phenoxy) is 1. The molecule has 1 aliphatic rings. The Labute approximate surface area is 170 Å². The van der Waals surface area contributed by atoms with Crippen LogP contribution in [-0.2, 0) is 4.74 Å². The molecule has 0 bridgehead atoms. The van der Waals surface area contributed by atoms with Crippen molar-refractivity contribution in [2.75, 3.05) is 39.9 Å². The Bertz CT molecular complexity index is 501. The van der Waals surface area contributed by atoms with Gasteiger partial charge in [-0.05, 0) is 24.8 Å². The number of benzene rings is 1. The predicted molar refractivity (Wildman–Crippen MR) is 117 cm³/mol. The molecule has 1 saturated heterocycles. The van der Waals surface area contributed by atoms with Gasteiger partial charge in [0.25, 0.3) is 0 Å². The summed E-state index contributed by atoms with van der Waals surface area (Å²) in [4.78, 5) is 7.20. The van der Waals surface area contributed by atoms with E-state index in [0.717, 1.165) is 45.2 Å². The van der Waals surface area contributed by atoms with Crippen LogP contribution in [-0.4, -0.2) is 50.8 Å². The Hall–Kier alpha value is -0.820. The lowest BCUT2D eigenvalue weighted by molar-refractivity contribution is 0.181. The summed E-state index contributed by atoms with van der Waals surface area (Å²) in [7, 11) is 2.13. The van der Waals surface area contributed by atoms with Crippen LogP contribution < -0.4 is 5.32 Å². The molecule has 1 fully saturated rings. The van der Waals surface area contributed by atoms with Gasteiger partial charge in [-0.2, -0.15) is 0 Å². The molecular formula is C20H34IN3O. The van der Waals surface area contributed by atoms with Gasteiger partial charge in [-0.3, -0.25) is 4.99 Å². The standard InChI is InChI=1S/C20H33N3O.HI/c1-5-21-20(23(4)14-17-11-12-24-15-17)22-13-19(16(2)3)18-9-7-6-8-10-18;/h6-10,16-17,19H,5,11-15H2,1-4H3,(H,21,22);1H. The number of halogens is 1. The maximum absolute atomic E-state index is 5.50. The van der Waals surface area contributed by atoms with E-state index >= 15 is 0 Å². The number of nitrogens with zero attached hydrogens (tertiary/aromatic N) is 2.